The first-order valence-corrected chi connectivity index (χ1v) is 6.84. The van der Waals surface area contributed by atoms with E-state index in [9.17, 15) is 18.5 Å². The van der Waals surface area contributed by atoms with E-state index in [4.69, 9.17) is 0 Å². The molecule has 18 heavy (non-hydrogen) atoms. The van der Waals surface area contributed by atoms with Crippen LogP contribution in [-0.2, 0) is 18.1 Å². The average Bonchev–Trinajstić information content (AvgIpc) is 3.09. The number of aliphatic hydroxyl groups is 1. The van der Waals surface area contributed by atoms with Gasteiger partial charge in [-0.15, -0.1) is 6.58 Å². The molecule has 1 N–H and O–H groups in total. The summed E-state index contributed by atoms with van der Waals surface area (Å²) in [6.07, 6.45) is -2.78. The smallest absolute Gasteiger partial charge is 0.393 e. The number of phosphoric acid groups is 1. The third-order valence-electron chi connectivity index (χ3n) is 2.85. The lowest BCUT2D eigenvalue weighted by Crippen LogP contribution is -2.26. The van der Waals surface area contributed by atoms with Crippen LogP contribution in [0.15, 0.2) is 12.7 Å². The van der Waals surface area contributed by atoms with E-state index in [0.717, 1.165) is 14.2 Å². The molecular formula is C10H17F2O5P. The van der Waals surface area contributed by atoms with Crippen LogP contribution in [0.3, 0.4) is 0 Å². The Morgan fingerprint density at radius 2 is 2.11 bits per heavy atom. The van der Waals surface area contributed by atoms with Gasteiger partial charge in [0.1, 0.15) is 0 Å². The van der Waals surface area contributed by atoms with E-state index in [1.165, 1.54) is 6.08 Å². The number of hydrogen-bond donors (Lipinski definition) is 1. The first-order chi connectivity index (χ1) is 8.29. The van der Waals surface area contributed by atoms with Crippen LogP contribution in [0.5, 0.6) is 0 Å². The van der Waals surface area contributed by atoms with Gasteiger partial charge < -0.3 is 5.11 Å². The summed E-state index contributed by atoms with van der Waals surface area (Å²) in [5.41, 5.74) is 0. The van der Waals surface area contributed by atoms with Crippen molar-refractivity contribution in [3.63, 3.8) is 0 Å². The van der Waals surface area contributed by atoms with Gasteiger partial charge in [0.15, 0.2) is 0 Å². The van der Waals surface area contributed by atoms with Crippen molar-refractivity contribution in [2.45, 2.75) is 25.1 Å². The Bertz CT molecular complexity index is 341. The second-order valence-corrected chi connectivity index (χ2v) is 5.87. The molecule has 0 bridgehead atoms. The summed E-state index contributed by atoms with van der Waals surface area (Å²) >= 11 is 0. The van der Waals surface area contributed by atoms with Gasteiger partial charge in [-0.2, -0.15) is 8.78 Å². The molecule has 8 heteroatoms. The lowest BCUT2D eigenvalue weighted by molar-refractivity contribution is -0.209. The fourth-order valence-electron chi connectivity index (χ4n) is 1.74. The van der Waals surface area contributed by atoms with Gasteiger partial charge in [0.2, 0.25) is 0 Å². The van der Waals surface area contributed by atoms with Crippen molar-refractivity contribution in [2.24, 2.45) is 11.8 Å². The molecule has 106 valence electrons. The summed E-state index contributed by atoms with van der Waals surface area (Å²) in [5.74, 6) is -1.79. The van der Waals surface area contributed by atoms with Crippen molar-refractivity contribution in [3.05, 3.63) is 12.7 Å². The van der Waals surface area contributed by atoms with Crippen molar-refractivity contribution < 1.29 is 32.0 Å². The lowest BCUT2D eigenvalue weighted by atomic mass is 10.1. The summed E-state index contributed by atoms with van der Waals surface area (Å²) < 4.78 is 51.5. The Balaban J connectivity index is 2.61. The summed E-state index contributed by atoms with van der Waals surface area (Å²) in [6.45, 7) is 3.42. The molecule has 0 amide bonds. The Kier molecular flexibility index (Phi) is 5.03. The molecule has 0 heterocycles. The second kappa shape index (κ2) is 5.75. The molecule has 1 rings (SSSR count). The van der Waals surface area contributed by atoms with Crippen LogP contribution in [0, 0.1) is 11.8 Å². The lowest BCUT2D eigenvalue weighted by Gasteiger charge is -2.21. The molecule has 0 radical (unpaired) electrons. The van der Waals surface area contributed by atoms with Crippen LogP contribution in [-0.4, -0.2) is 31.5 Å². The monoisotopic (exact) mass is 286 g/mol. The molecule has 0 aromatic rings. The second-order valence-electron chi connectivity index (χ2n) is 4.06. The third kappa shape index (κ3) is 3.59. The number of hydrogen-bond acceptors (Lipinski definition) is 5. The van der Waals surface area contributed by atoms with Gasteiger partial charge in [-0.3, -0.25) is 9.05 Å². The molecule has 1 saturated carbocycles. The standard InChI is InChI=1S/C10H17F2O5P/c1-4-5-9(13)7-6-8(7)10(11,12)17-18(14,15-2)16-3/h4,7-9,13H,1,5-6H2,2-3H3/t7-,8-,9+/m1/s1. The van der Waals surface area contributed by atoms with E-state index in [-0.39, 0.29) is 12.8 Å². The maximum atomic E-state index is 13.6. The average molecular weight is 286 g/mol. The minimum atomic E-state index is -4.24. The maximum Gasteiger partial charge on any atom is 0.479 e. The molecule has 1 fully saturated rings. The molecule has 0 saturated heterocycles. The molecule has 1 aliphatic carbocycles. The van der Waals surface area contributed by atoms with Gasteiger partial charge in [0.25, 0.3) is 0 Å². The van der Waals surface area contributed by atoms with E-state index in [2.05, 4.69) is 20.2 Å². The number of alkyl halides is 2. The Hall–Kier alpha value is -0.330. The van der Waals surface area contributed by atoms with Crippen molar-refractivity contribution in [3.8, 4) is 0 Å². The van der Waals surface area contributed by atoms with E-state index in [1.807, 2.05) is 0 Å². The Morgan fingerprint density at radius 1 is 1.56 bits per heavy atom. The van der Waals surface area contributed by atoms with Crippen LogP contribution >= 0.6 is 7.82 Å². The number of aliphatic hydroxyl groups excluding tert-OH is 1. The highest BCUT2D eigenvalue weighted by Gasteiger charge is 2.60. The van der Waals surface area contributed by atoms with E-state index < -0.39 is 31.9 Å². The van der Waals surface area contributed by atoms with Crippen LogP contribution in [0.4, 0.5) is 8.78 Å². The van der Waals surface area contributed by atoms with Gasteiger partial charge in [0, 0.05) is 14.2 Å². The Morgan fingerprint density at radius 3 is 2.56 bits per heavy atom. The highest BCUT2D eigenvalue weighted by Crippen LogP contribution is 2.60. The first-order valence-electron chi connectivity index (χ1n) is 5.38. The predicted octanol–water partition coefficient (Wildman–Crippen LogP) is 2.57. The van der Waals surface area contributed by atoms with Gasteiger partial charge >= 0.3 is 13.9 Å². The molecule has 0 aliphatic heterocycles. The van der Waals surface area contributed by atoms with Gasteiger partial charge in [0.05, 0.1) is 12.0 Å². The van der Waals surface area contributed by atoms with Crippen molar-refractivity contribution in [1.29, 1.82) is 0 Å². The summed E-state index contributed by atoms with van der Waals surface area (Å²) in [7, 11) is -2.33. The van der Waals surface area contributed by atoms with Gasteiger partial charge in [-0.25, -0.2) is 9.09 Å². The van der Waals surface area contributed by atoms with Crippen LogP contribution in [0.1, 0.15) is 12.8 Å². The van der Waals surface area contributed by atoms with Crippen molar-refractivity contribution >= 4 is 7.82 Å². The number of halogens is 2. The first kappa shape index (κ1) is 15.7. The summed E-state index contributed by atoms with van der Waals surface area (Å²) in [4.78, 5) is 0. The number of phosphoric ester groups is 1. The van der Waals surface area contributed by atoms with Gasteiger partial charge in [-0.05, 0) is 18.8 Å². The highest BCUT2D eigenvalue weighted by atomic mass is 31.2. The SMILES string of the molecule is C=CC[C@H](O)[C@@H]1C[C@H]1C(F)(F)OP(=O)(OC)OC. The molecule has 1 aliphatic rings. The van der Waals surface area contributed by atoms with Gasteiger partial charge in [-0.1, -0.05) is 6.08 Å². The topological polar surface area (TPSA) is 65.0 Å². The van der Waals surface area contributed by atoms with E-state index >= 15 is 0 Å². The van der Waals surface area contributed by atoms with Crippen molar-refractivity contribution in [1.82, 2.24) is 0 Å². The molecule has 5 nitrogen and oxygen atoms in total. The molecular weight excluding hydrogens is 269 g/mol. The third-order valence-corrected chi connectivity index (χ3v) is 4.22. The fourth-order valence-corrected chi connectivity index (χ4v) is 2.47. The normalized spacial score (nSPS) is 25.8. The molecule has 0 unspecified atom stereocenters. The zero-order chi connectivity index (χ0) is 14.0. The zero-order valence-corrected chi connectivity index (χ0v) is 11.1. The predicted molar refractivity (Wildman–Crippen MR) is 60.1 cm³/mol. The van der Waals surface area contributed by atoms with Crippen LogP contribution < -0.4 is 0 Å². The fraction of sp³-hybridized carbons (Fsp3) is 0.800. The molecule has 0 spiro atoms. The number of rotatable bonds is 8. The summed E-state index contributed by atoms with van der Waals surface area (Å²) in [5, 5.41) is 9.54. The van der Waals surface area contributed by atoms with Crippen LogP contribution in [0.25, 0.3) is 0 Å². The summed E-state index contributed by atoms with van der Waals surface area (Å²) in [6, 6.07) is 0. The van der Waals surface area contributed by atoms with Crippen LogP contribution in [0.2, 0.25) is 0 Å². The zero-order valence-electron chi connectivity index (χ0n) is 10.2. The van der Waals surface area contributed by atoms with E-state index in [1.54, 1.807) is 0 Å². The minimum absolute atomic E-state index is 0.0927. The quantitative estimate of drug-likeness (QED) is 0.549. The van der Waals surface area contributed by atoms with E-state index in [0.29, 0.717) is 0 Å². The molecule has 0 aromatic heterocycles. The molecule has 3 atom stereocenters. The van der Waals surface area contributed by atoms with Crippen molar-refractivity contribution in [2.75, 3.05) is 14.2 Å². The minimum Gasteiger partial charge on any atom is -0.393 e. The maximum absolute atomic E-state index is 13.6. The largest absolute Gasteiger partial charge is 0.479 e. The molecule has 0 aromatic carbocycles. The highest BCUT2D eigenvalue weighted by molar-refractivity contribution is 7.48. The Labute approximate surface area is 104 Å².